The number of hydrogen-bond acceptors (Lipinski definition) is 3. The molecule has 7 heteroatoms. The number of carbonyl (C=O) groups is 1. The molecule has 1 N–H and O–H groups in total. The number of carbonyl (C=O) groups excluding carboxylic acids is 1. The van der Waals surface area contributed by atoms with E-state index in [9.17, 15) is 13.2 Å². The first-order valence-corrected chi connectivity index (χ1v) is 9.18. The van der Waals surface area contributed by atoms with Crippen LogP contribution in [0.15, 0.2) is 24.3 Å². The maximum Gasteiger partial charge on any atom is 0.321 e. The van der Waals surface area contributed by atoms with Crippen molar-refractivity contribution in [1.82, 2.24) is 9.21 Å². The minimum Gasteiger partial charge on any atom is -0.324 e. The molecule has 122 valence electrons. The molecule has 1 aromatic carbocycles. The highest BCUT2D eigenvalue weighted by Gasteiger charge is 2.28. The van der Waals surface area contributed by atoms with Gasteiger partial charge in [-0.3, -0.25) is 0 Å². The van der Waals surface area contributed by atoms with Gasteiger partial charge in [0.1, 0.15) is 0 Å². The van der Waals surface area contributed by atoms with E-state index in [-0.39, 0.29) is 12.1 Å². The van der Waals surface area contributed by atoms with Gasteiger partial charge in [0.15, 0.2) is 0 Å². The van der Waals surface area contributed by atoms with Crippen LogP contribution in [0.2, 0.25) is 0 Å². The van der Waals surface area contributed by atoms with Crippen molar-refractivity contribution >= 4 is 21.7 Å². The van der Waals surface area contributed by atoms with Gasteiger partial charge in [-0.2, -0.15) is 0 Å². The first kappa shape index (κ1) is 16.8. The normalized spacial score (nSPS) is 16.8. The predicted molar refractivity (Wildman–Crippen MR) is 87.4 cm³/mol. The van der Waals surface area contributed by atoms with Crippen LogP contribution >= 0.6 is 0 Å². The Kier molecular flexibility index (Phi) is 5.08. The largest absolute Gasteiger partial charge is 0.324 e. The average molecular weight is 325 g/mol. The second-order valence-electron chi connectivity index (χ2n) is 5.80. The molecule has 0 bridgehead atoms. The zero-order valence-electron chi connectivity index (χ0n) is 13.2. The van der Waals surface area contributed by atoms with E-state index in [0.717, 1.165) is 11.3 Å². The summed E-state index contributed by atoms with van der Waals surface area (Å²) in [4.78, 5) is 14.0. The Hall–Kier alpha value is -1.60. The van der Waals surface area contributed by atoms with E-state index in [1.165, 1.54) is 10.6 Å². The first-order chi connectivity index (χ1) is 10.3. The number of likely N-dealkylation sites (tertiary alicyclic amines) is 1. The van der Waals surface area contributed by atoms with Gasteiger partial charge >= 0.3 is 6.03 Å². The van der Waals surface area contributed by atoms with Crippen LogP contribution in [0.4, 0.5) is 10.5 Å². The number of sulfonamides is 1. The highest BCUT2D eigenvalue weighted by atomic mass is 32.2. The smallest absolute Gasteiger partial charge is 0.321 e. The topological polar surface area (TPSA) is 69.7 Å². The van der Waals surface area contributed by atoms with Crippen LogP contribution in [0.5, 0.6) is 0 Å². The molecule has 6 nitrogen and oxygen atoms in total. The Morgan fingerprint density at radius 1 is 1.32 bits per heavy atom. The molecule has 2 amide bonds. The zero-order valence-corrected chi connectivity index (χ0v) is 14.1. The lowest BCUT2D eigenvalue weighted by atomic mass is 10.1. The van der Waals surface area contributed by atoms with Gasteiger partial charge in [-0.05, 0) is 37.5 Å². The van der Waals surface area contributed by atoms with Crippen LogP contribution < -0.4 is 5.32 Å². The quantitative estimate of drug-likeness (QED) is 0.922. The van der Waals surface area contributed by atoms with Gasteiger partial charge in [-0.15, -0.1) is 0 Å². The van der Waals surface area contributed by atoms with E-state index >= 15 is 0 Å². The lowest BCUT2D eigenvalue weighted by Crippen LogP contribution is -2.48. The fourth-order valence-electron chi connectivity index (χ4n) is 2.63. The number of urea groups is 1. The van der Waals surface area contributed by atoms with E-state index in [1.807, 2.05) is 31.2 Å². The Morgan fingerprint density at radius 3 is 2.50 bits per heavy atom. The third-order valence-corrected chi connectivity index (χ3v) is 5.40. The van der Waals surface area contributed by atoms with Crippen LogP contribution in [0.1, 0.15) is 18.4 Å². The Labute approximate surface area is 132 Å². The third kappa shape index (κ3) is 4.20. The lowest BCUT2D eigenvalue weighted by molar-refractivity contribution is 0.175. The number of amides is 2. The molecule has 0 unspecified atom stereocenters. The number of piperidine rings is 1. The Morgan fingerprint density at radius 2 is 1.95 bits per heavy atom. The molecular weight excluding hydrogens is 302 g/mol. The van der Waals surface area contributed by atoms with Crippen LogP contribution in [0.25, 0.3) is 0 Å². The highest BCUT2D eigenvalue weighted by Crippen LogP contribution is 2.18. The predicted octanol–water partition coefficient (Wildman–Crippen LogP) is 1.88. The maximum absolute atomic E-state index is 12.2. The van der Waals surface area contributed by atoms with Gasteiger partial charge in [0.25, 0.3) is 0 Å². The minimum atomic E-state index is -3.18. The Bertz CT molecular complexity index is 637. The van der Waals surface area contributed by atoms with E-state index < -0.39 is 10.0 Å². The number of benzene rings is 1. The molecule has 0 spiro atoms. The SMILES string of the molecule is Cc1cccc(NC(=O)N2CCC(N(C)S(C)(=O)=O)CC2)c1. The molecule has 2 rings (SSSR count). The fraction of sp³-hybridized carbons (Fsp3) is 0.533. The van der Waals surface area contributed by atoms with Crippen molar-refractivity contribution in [2.75, 3.05) is 31.7 Å². The van der Waals surface area contributed by atoms with Gasteiger partial charge in [0, 0.05) is 31.9 Å². The number of nitrogens with one attached hydrogen (secondary N) is 1. The van der Waals surface area contributed by atoms with E-state index in [1.54, 1.807) is 11.9 Å². The van der Waals surface area contributed by atoms with Crippen molar-refractivity contribution in [3.8, 4) is 0 Å². The molecule has 1 heterocycles. The van der Waals surface area contributed by atoms with Crippen molar-refractivity contribution in [3.63, 3.8) is 0 Å². The summed E-state index contributed by atoms with van der Waals surface area (Å²) in [6, 6.07) is 7.49. The molecule has 0 aliphatic carbocycles. The molecule has 1 aliphatic heterocycles. The summed E-state index contributed by atoms with van der Waals surface area (Å²) in [7, 11) is -1.58. The number of hydrogen-bond donors (Lipinski definition) is 1. The maximum atomic E-state index is 12.2. The van der Waals surface area contributed by atoms with Gasteiger partial charge in [-0.1, -0.05) is 12.1 Å². The second-order valence-corrected chi connectivity index (χ2v) is 7.84. The van der Waals surface area contributed by atoms with Crippen molar-refractivity contribution in [3.05, 3.63) is 29.8 Å². The molecule has 0 saturated carbocycles. The molecule has 1 fully saturated rings. The van der Waals surface area contributed by atoms with Crippen LogP contribution in [-0.4, -0.2) is 56.1 Å². The van der Waals surface area contributed by atoms with Gasteiger partial charge in [0.2, 0.25) is 10.0 Å². The summed E-state index contributed by atoms with van der Waals surface area (Å²) in [5.74, 6) is 0. The second kappa shape index (κ2) is 6.66. The number of anilines is 1. The summed E-state index contributed by atoms with van der Waals surface area (Å²) in [6.07, 6.45) is 2.53. The van der Waals surface area contributed by atoms with Gasteiger partial charge in [-0.25, -0.2) is 17.5 Å². The Balaban J connectivity index is 1.90. The van der Waals surface area contributed by atoms with Gasteiger partial charge < -0.3 is 10.2 Å². The fourth-order valence-corrected chi connectivity index (χ4v) is 3.38. The summed E-state index contributed by atoms with van der Waals surface area (Å²) in [5.41, 5.74) is 1.87. The van der Waals surface area contributed by atoms with E-state index in [2.05, 4.69) is 5.32 Å². The van der Waals surface area contributed by atoms with E-state index in [0.29, 0.717) is 25.9 Å². The molecule has 0 atom stereocenters. The average Bonchev–Trinajstić information content (AvgIpc) is 2.45. The molecular formula is C15H23N3O3S. The molecule has 0 aromatic heterocycles. The van der Waals surface area contributed by atoms with Crippen LogP contribution in [-0.2, 0) is 10.0 Å². The van der Waals surface area contributed by atoms with Crippen molar-refractivity contribution in [1.29, 1.82) is 0 Å². The first-order valence-electron chi connectivity index (χ1n) is 7.33. The molecule has 1 saturated heterocycles. The summed E-state index contributed by atoms with van der Waals surface area (Å²) >= 11 is 0. The highest BCUT2D eigenvalue weighted by molar-refractivity contribution is 7.88. The summed E-state index contributed by atoms with van der Waals surface area (Å²) < 4.78 is 24.5. The van der Waals surface area contributed by atoms with Crippen LogP contribution in [0, 0.1) is 6.92 Å². The minimum absolute atomic E-state index is 0.0296. The molecule has 0 radical (unpaired) electrons. The molecule has 1 aromatic rings. The number of rotatable bonds is 3. The van der Waals surface area contributed by atoms with Crippen molar-refractivity contribution < 1.29 is 13.2 Å². The van der Waals surface area contributed by atoms with Gasteiger partial charge in [0.05, 0.1) is 6.26 Å². The monoisotopic (exact) mass is 325 g/mol. The van der Waals surface area contributed by atoms with E-state index in [4.69, 9.17) is 0 Å². The number of nitrogens with zero attached hydrogens (tertiary/aromatic N) is 2. The number of aryl methyl sites for hydroxylation is 1. The standard InChI is InChI=1S/C15H23N3O3S/c1-12-5-4-6-13(11-12)16-15(19)18-9-7-14(8-10-18)17(2)22(3,20)21/h4-6,11,14H,7-10H2,1-3H3,(H,16,19). The lowest BCUT2D eigenvalue weighted by Gasteiger charge is -2.35. The summed E-state index contributed by atoms with van der Waals surface area (Å²) in [6.45, 7) is 3.09. The van der Waals surface area contributed by atoms with Crippen molar-refractivity contribution in [2.24, 2.45) is 0 Å². The molecule has 1 aliphatic rings. The van der Waals surface area contributed by atoms with Crippen LogP contribution in [0.3, 0.4) is 0 Å². The summed E-state index contributed by atoms with van der Waals surface area (Å²) in [5, 5.41) is 2.88. The van der Waals surface area contributed by atoms with Crippen molar-refractivity contribution in [2.45, 2.75) is 25.8 Å². The molecule has 22 heavy (non-hydrogen) atoms. The zero-order chi connectivity index (χ0) is 16.3. The third-order valence-electron chi connectivity index (χ3n) is 4.06.